The van der Waals surface area contributed by atoms with Crippen LogP contribution in [0.5, 0.6) is 0 Å². The van der Waals surface area contributed by atoms with Crippen LogP contribution in [0.25, 0.3) is 0 Å². The number of hydrogen-bond acceptors (Lipinski definition) is 3. The number of rotatable bonds is 5. The summed E-state index contributed by atoms with van der Waals surface area (Å²) in [4.78, 5) is 2.67. The molecule has 1 fully saturated rings. The van der Waals surface area contributed by atoms with Crippen LogP contribution in [-0.2, 0) is 0 Å². The lowest BCUT2D eigenvalue weighted by atomic mass is 10.0. The third-order valence-electron chi connectivity index (χ3n) is 5.21. The van der Waals surface area contributed by atoms with Crippen LogP contribution in [0.2, 0.25) is 0 Å². The van der Waals surface area contributed by atoms with Gasteiger partial charge in [0.25, 0.3) is 0 Å². The van der Waals surface area contributed by atoms with Gasteiger partial charge in [0.2, 0.25) is 0 Å². The van der Waals surface area contributed by atoms with Gasteiger partial charge in [-0.3, -0.25) is 4.90 Å². The molecule has 0 saturated carbocycles. The molecule has 0 aromatic heterocycles. The number of hydrogen-bond donors (Lipinski definition) is 2. The van der Waals surface area contributed by atoms with E-state index in [0.29, 0.717) is 18.0 Å². The average molecular weight is 287 g/mol. The number of nitrogens with two attached hydrogens (primary N) is 1. The first kappa shape index (κ1) is 15.0. The highest BCUT2D eigenvalue weighted by Gasteiger charge is 2.30. The molecule has 1 saturated heterocycles. The first-order valence-electron chi connectivity index (χ1n) is 8.48. The molecule has 3 nitrogen and oxygen atoms in total. The highest BCUT2D eigenvalue weighted by atomic mass is 15.2. The molecule has 2 aliphatic rings. The molecule has 1 aromatic carbocycles. The normalized spacial score (nSPS) is 27.2. The minimum atomic E-state index is 0.197. The lowest BCUT2D eigenvalue weighted by molar-refractivity contribution is 0.181. The monoisotopic (exact) mass is 287 g/mol. The smallest absolute Gasteiger partial charge is 0.0342 e. The van der Waals surface area contributed by atoms with E-state index in [2.05, 4.69) is 48.3 Å². The number of nitrogens with zero attached hydrogens (tertiary/aromatic N) is 1. The summed E-state index contributed by atoms with van der Waals surface area (Å²) in [6.07, 6.45) is 3.75. The Balaban J connectivity index is 1.64. The molecule has 116 valence electrons. The minimum Gasteiger partial charge on any atom is -0.324 e. The van der Waals surface area contributed by atoms with Crippen LogP contribution >= 0.6 is 0 Å². The number of fused-ring (bicyclic) bond motifs is 1. The van der Waals surface area contributed by atoms with Gasteiger partial charge in [-0.05, 0) is 49.4 Å². The molecule has 3 N–H and O–H groups in total. The summed E-state index contributed by atoms with van der Waals surface area (Å²) in [5, 5.41) is 3.80. The molecular formula is C18H29N3. The summed E-state index contributed by atoms with van der Waals surface area (Å²) in [6.45, 7) is 8.30. The van der Waals surface area contributed by atoms with E-state index in [0.717, 1.165) is 13.0 Å². The second-order valence-corrected chi connectivity index (χ2v) is 6.99. The molecular weight excluding hydrogens is 258 g/mol. The Morgan fingerprint density at radius 1 is 1.19 bits per heavy atom. The van der Waals surface area contributed by atoms with Gasteiger partial charge in [-0.25, -0.2) is 0 Å². The number of nitrogens with one attached hydrogen (secondary N) is 1. The van der Waals surface area contributed by atoms with Gasteiger partial charge in [-0.1, -0.05) is 38.1 Å². The van der Waals surface area contributed by atoms with E-state index in [1.165, 1.54) is 37.1 Å². The lowest BCUT2D eigenvalue weighted by Gasteiger charge is -2.32. The van der Waals surface area contributed by atoms with Crippen LogP contribution in [0, 0.1) is 5.92 Å². The Kier molecular flexibility index (Phi) is 4.63. The van der Waals surface area contributed by atoms with Crippen molar-refractivity contribution in [1.82, 2.24) is 10.2 Å². The Morgan fingerprint density at radius 3 is 2.52 bits per heavy atom. The molecule has 1 aliphatic heterocycles. The molecule has 1 aliphatic carbocycles. The van der Waals surface area contributed by atoms with Crippen LogP contribution in [-0.4, -0.2) is 30.6 Å². The molecule has 1 heterocycles. The number of likely N-dealkylation sites (tertiary alicyclic amines) is 1. The minimum absolute atomic E-state index is 0.197. The summed E-state index contributed by atoms with van der Waals surface area (Å²) in [5.41, 5.74) is 9.02. The predicted octanol–water partition coefficient (Wildman–Crippen LogP) is 2.84. The van der Waals surface area contributed by atoms with Crippen LogP contribution in [0.4, 0.5) is 0 Å². The van der Waals surface area contributed by atoms with Gasteiger partial charge in [0.15, 0.2) is 0 Å². The third-order valence-corrected chi connectivity index (χ3v) is 5.21. The molecule has 3 rings (SSSR count). The number of benzene rings is 1. The van der Waals surface area contributed by atoms with Crippen molar-refractivity contribution in [3.05, 3.63) is 35.4 Å². The van der Waals surface area contributed by atoms with Crippen LogP contribution in [0.15, 0.2) is 24.3 Å². The Morgan fingerprint density at radius 2 is 1.86 bits per heavy atom. The van der Waals surface area contributed by atoms with Gasteiger partial charge in [0.1, 0.15) is 0 Å². The zero-order valence-corrected chi connectivity index (χ0v) is 13.4. The molecule has 3 unspecified atom stereocenters. The van der Waals surface area contributed by atoms with E-state index < -0.39 is 0 Å². The summed E-state index contributed by atoms with van der Waals surface area (Å²) in [6, 6.07) is 9.93. The first-order valence-corrected chi connectivity index (χ1v) is 8.48. The SMILES string of the molecule is CC(C)C(CNC1CC(N)c2ccccc21)N1CCCC1. The lowest BCUT2D eigenvalue weighted by Crippen LogP contribution is -2.44. The van der Waals surface area contributed by atoms with Crippen LogP contribution in [0.1, 0.15) is 56.3 Å². The van der Waals surface area contributed by atoms with Crippen molar-refractivity contribution in [3.63, 3.8) is 0 Å². The molecule has 1 aromatic rings. The van der Waals surface area contributed by atoms with Crippen molar-refractivity contribution in [3.8, 4) is 0 Å². The van der Waals surface area contributed by atoms with E-state index in [1.54, 1.807) is 0 Å². The Labute approximate surface area is 128 Å². The molecule has 0 spiro atoms. The Bertz CT molecular complexity index is 465. The molecule has 0 amide bonds. The van der Waals surface area contributed by atoms with Gasteiger partial charge in [0.05, 0.1) is 0 Å². The van der Waals surface area contributed by atoms with Crippen molar-refractivity contribution in [1.29, 1.82) is 0 Å². The van der Waals surface area contributed by atoms with E-state index in [1.807, 2.05) is 0 Å². The van der Waals surface area contributed by atoms with E-state index in [9.17, 15) is 0 Å². The van der Waals surface area contributed by atoms with Crippen LogP contribution < -0.4 is 11.1 Å². The zero-order chi connectivity index (χ0) is 14.8. The maximum atomic E-state index is 6.27. The summed E-state index contributed by atoms with van der Waals surface area (Å²) >= 11 is 0. The maximum absolute atomic E-state index is 6.27. The molecule has 0 radical (unpaired) electrons. The van der Waals surface area contributed by atoms with Gasteiger partial charge in [0, 0.05) is 24.7 Å². The fraction of sp³-hybridized carbons (Fsp3) is 0.667. The van der Waals surface area contributed by atoms with Gasteiger partial charge in [-0.2, -0.15) is 0 Å². The predicted molar refractivity (Wildman–Crippen MR) is 88.2 cm³/mol. The van der Waals surface area contributed by atoms with Crippen molar-refractivity contribution < 1.29 is 0 Å². The second-order valence-electron chi connectivity index (χ2n) is 6.99. The standard InChI is InChI=1S/C18H29N3/c1-13(2)18(21-9-5-6-10-21)12-20-17-11-16(19)14-7-3-4-8-15(14)17/h3-4,7-8,13,16-18,20H,5-6,9-12,19H2,1-2H3. The van der Waals surface area contributed by atoms with Gasteiger partial charge >= 0.3 is 0 Å². The maximum Gasteiger partial charge on any atom is 0.0342 e. The van der Waals surface area contributed by atoms with E-state index >= 15 is 0 Å². The summed E-state index contributed by atoms with van der Waals surface area (Å²) < 4.78 is 0. The quantitative estimate of drug-likeness (QED) is 0.875. The third kappa shape index (κ3) is 3.15. The molecule has 3 atom stereocenters. The average Bonchev–Trinajstić information content (AvgIpc) is 3.09. The van der Waals surface area contributed by atoms with Crippen molar-refractivity contribution in [2.24, 2.45) is 11.7 Å². The van der Waals surface area contributed by atoms with Crippen molar-refractivity contribution >= 4 is 0 Å². The molecule has 21 heavy (non-hydrogen) atoms. The zero-order valence-electron chi connectivity index (χ0n) is 13.4. The van der Waals surface area contributed by atoms with Crippen LogP contribution in [0.3, 0.4) is 0 Å². The van der Waals surface area contributed by atoms with Crippen molar-refractivity contribution in [2.75, 3.05) is 19.6 Å². The molecule has 3 heteroatoms. The Hall–Kier alpha value is -0.900. The van der Waals surface area contributed by atoms with E-state index in [-0.39, 0.29) is 6.04 Å². The first-order chi connectivity index (χ1) is 10.2. The highest BCUT2D eigenvalue weighted by molar-refractivity contribution is 5.37. The largest absolute Gasteiger partial charge is 0.324 e. The summed E-state index contributed by atoms with van der Waals surface area (Å²) in [7, 11) is 0. The summed E-state index contributed by atoms with van der Waals surface area (Å²) in [5.74, 6) is 0.695. The van der Waals surface area contributed by atoms with Gasteiger partial charge < -0.3 is 11.1 Å². The van der Waals surface area contributed by atoms with Gasteiger partial charge in [-0.15, -0.1) is 0 Å². The highest BCUT2D eigenvalue weighted by Crippen LogP contribution is 2.37. The second kappa shape index (κ2) is 6.47. The van der Waals surface area contributed by atoms with E-state index in [4.69, 9.17) is 5.73 Å². The molecule has 0 bridgehead atoms. The fourth-order valence-corrected chi connectivity index (χ4v) is 3.99. The topological polar surface area (TPSA) is 41.3 Å². The fourth-order valence-electron chi connectivity index (χ4n) is 3.99. The van der Waals surface area contributed by atoms with Crippen molar-refractivity contribution in [2.45, 2.75) is 51.2 Å².